The van der Waals surface area contributed by atoms with Crippen LogP contribution in [0.3, 0.4) is 0 Å². The zero-order valence-electron chi connectivity index (χ0n) is 10.6. The minimum Gasteiger partial charge on any atom is -0.478 e. The minimum atomic E-state index is -0.889. The zero-order valence-corrected chi connectivity index (χ0v) is 11.4. The lowest BCUT2D eigenvalue weighted by molar-refractivity contribution is 0.0697. The Bertz CT molecular complexity index is 681. The number of hydrogen-bond acceptors (Lipinski definition) is 2. The van der Waals surface area contributed by atoms with Crippen molar-refractivity contribution >= 4 is 28.5 Å². The van der Waals surface area contributed by atoms with Crippen LogP contribution in [0.5, 0.6) is 0 Å². The summed E-state index contributed by atoms with van der Waals surface area (Å²) < 4.78 is 0. The lowest BCUT2D eigenvalue weighted by Gasteiger charge is -2.24. The molecule has 1 aliphatic carbocycles. The van der Waals surface area contributed by atoms with Gasteiger partial charge in [-0.15, -0.1) is 0 Å². The molecule has 98 valence electrons. The lowest BCUT2D eigenvalue weighted by Crippen LogP contribution is -2.15. The minimum absolute atomic E-state index is 0.294. The van der Waals surface area contributed by atoms with E-state index in [9.17, 15) is 9.90 Å². The predicted octanol–water partition coefficient (Wildman–Crippen LogP) is 4.03. The molecule has 4 heteroatoms. The number of carbonyl (C=O) groups is 1. The third-order valence-corrected chi connectivity index (χ3v) is 4.15. The molecule has 0 saturated carbocycles. The van der Waals surface area contributed by atoms with Crippen molar-refractivity contribution < 1.29 is 9.90 Å². The van der Waals surface area contributed by atoms with Crippen LogP contribution in [0, 0.1) is 0 Å². The van der Waals surface area contributed by atoms with Gasteiger partial charge in [0.05, 0.1) is 16.1 Å². The number of carboxylic acid groups (broad SMARTS) is 1. The summed E-state index contributed by atoms with van der Waals surface area (Å²) in [5.41, 5.74) is 2.79. The number of pyridine rings is 1. The third-order valence-electron chi connectivity index (χ3n) is 3.84. The summed E-state index contributed by atoms with van der Waals surface area (Å²) in [5.74, 6) is -0.595. The zero-order chi connectivity index (χ0) is 13.6. The van der Waals surface area contributed by atoms with Crippen molar-refractivity contribution in [2.24, 2.45) is 0 Å². The second-order valence-corrected chi connectivity index (χ2v) is 5.49. The molecule has 1 N–H and O–H groups in total. The quantitative estimate of drug-likeness (QED) is 0.855. The van der Waals surface area contributed by atoms with Gasteiger partial charge in [-0.2, -0.15) is 0 Å². The van der Waals surface area contributed by atoms with Crippen LogP contribution in [0.25, 0.3) is 10.9 Å². The van der Waals surface area contributed by atoms with Crippen LogP contribution in [0.4, 0.5) is 0 Å². The van der Waals surface area contributed by atoms with Crippen molar-refractivity contribution in [3.05, 3.63) is 40.0 Å². The molecule has 0 aliphatic heterocycles. The molecule has 3 rings (SSSR count). The highest BCUT2D eigenvalue weighted by Crippen LogP contribution is 2.36. The highest BCUT2D eigenvalue weighted by Gasteiger charge is 2.26. The van der Waals surface area contributed by atoms with Gasteiger partial charge in [0.15, 0.2) is 0 Å². The maximum atomic E-state index is 11.6. The number of carboxylic acids is 1. The first-order valence-electron chi connectivity index (χ1n) is 6.44. The van der Waals surface area contributed by atoms with Gasteiger partial charge >= 0.3 is 5.97 Å². The highest BCUT2D eigenvalue weighted by atomic mass is 35.5. The van der Waals surface area contributed by atoms with Crippen molar-refractivity contribution in [3.63, 3.8) is 0 Å². The number of fused-ring (bicyclic) bond motifs is 2. The van der Waals surface area contributed by atoms with Crippen molar-refractivity contribution in [2.75, 3.05) is 0 Å². The molecule has 1 unspecified atom stereocenters. The predicted molar refractivity (Wildman–Crippen MR) is 75.1 cm³/mol. The van der Waals surface area contributed by atoms with Crippen LogP contribution >= 0.6 is 11.6 Å². The summed E-state index contributed by atoms with van der Waals surface area (Å²) in [6.07, 6.45) is 2.86. The van der Waals surface area contributed by atoms with Crippen LogP contribution in [-0.2, 0) is 6.42 Å². The first kappa shape index (κ1) is 12.4. The van der Waals surface area contributed by atoms with Gasteiger partial charge in [-0.3, -0.25) is 4.98 Å². The van der Waals surface area contributed by atoms with Gasteiger partial charge < -0.3 is 5.11 Å². The summed E-state index contributed by atoms with van der Waals surface area (Å²) in [6.45, 7) is 2.10. The molecule has 0 radical (unpaired) electrons. The van der Waals surface area contributed by atoms with E-state index >= 15 is 0 Å². The van der Waals surface area contributed by atoms with E-state index in [2.05, 4.69) is 11.9 Å². The SMILES string of the molecule is CC1CCCc2c1nc1c(Cl)cccc1c2C(=O)O. The number of aromatic nitrogens is 1. The number of benzene rings is 1. The van der Waals surface area contributed by atoms with E-state index < -0.39 is 5.97 Å². The van der Waals surface area contributed by atoms with Gasteiger partial charge in [0.2, 0.25) is 0 Å². The molecule has 1 aliphatic rings. The van der Waals surface area contributed by atoms with Crippen LogP contribution in [0.2, 0.25) is 5.02 Å². The lowest BCUT2D eigenvalue weighted by atomic mass is 9.84. The van der Waals surface area contributed by atoms with E-state index in [-0.39, 0.29) is 0 Å². The van der Waals surface area contributed by atoms with E-state index in [1.54, 1.807) is 18.2 Å². The third kappa shape index (κ3) is 1.89. The van der Waals surface area contributed by atoms with E-state index in [4.69, 9.17) is 11.6 Å². The maximum Gasteiger partial charge on any atom is 0.336 e. The normalized spacial score (nSPS) is 18.3. The molecule has 0 bridgehead atoms. The Morgan fingerprint density at radius 2 is 2.26 bits per heavy atom. The Morgan fingerprint density at radius 1 is 1.47 bits per heavy atom. The van der Waals surface area contributed by atoms with Crippen LogP contribution < -0.4 is 0 Å². The second-order valence-electron chi connectivity index (χ2n) is 5.09. The Hall–Kier alpha value is -1.61. The van der Waals surface area contributed by atoms with Crippen LogP contribution in [0.15, 0.2) is 18.2 Å². The van der Waals surface area contributed by atoms with E-state index in [0.717, 1.165) is 30.5 Å². The van der Waals surface area contributed by atoms with E-state index in [1.165, 1.54) is 0 Å². The Labute approximate surface area is 116 Å². The van der Waals surface area contributed by atoms with Crippen molar-refractivity contribution in [2.45, 2.75) is 32.1 Å². The standard InChI is InChI=1S/C15H14ClNO2/c1-8-4-2-5-9-12(15(18)19)10-6-3-7-11(16)14(10)17-13(8)9/h3,6-8H,2,4-5H2,1H3,(H,18,19). The highest BCUT2D eigenvalue weighted by molar-refractivity contribution is 6.35. The van der Waals surface area contributed by atoms with Gasteiger partial charge in [-0.05, 0) is 36.8 Å². The molecule has 2 aromatic rings. The molecule has 1 atom stereocenters. The molecule has 0 amide bonds. The molecular weight excluding hydrogens is 262 g/mol. The summed E-state index contributed by atoms with van der Waals surface area (Å²) in [4.78, 5) is 16.3. The molecule has 1 aromatic carbocycles. The van der Waals surface area contributed by atoms with Crippen LogP contribution in [0.1, 0.15) is 47.3 Å². The van der Waals surface area contributed by atoms with E-state index in [1.807, 2.05) is 0 Å². The molecule has 0 fully saturated rings. The summed E-state index contributed by atoms with van der Waals surface area (Å²) in [7, 11) is 0. The summed E-state index contributed by atoms with van der Waals surface area (Å²) in [6, 6.07) is 5.32. The Morgan fingerprint density at radius 3 is 3.00 bits per heavy atom. The van der Waals surface area contributed by atoms with Gasteiger partial charge in [0, 0.05) is 11.1 Å². The van der Waals surface area contributed by atoms with Crippen molar-refractivity contribution in [1.82, 2.24) is 4.98 Å². The molecule has 0 saturated heterocycles. The van der Waals surface area contributed by atoms with E-state index in [0.29, 0.717) is 27.4 Å². The fourth-order valence-electron chi connectivity index (χ4n) is 2.94. The van der Waals surface area contributed by atoms with Gasteiger partial charge in [-0.1, -0.05) is 30.7 Å². The largest absolute Gasteiger partial charge is 0.478 e. The number of aromatic carboxylic acids is 1. The van der Waals surface area contributed by atoms with Crippen molar-refractivity contribution in [3.8, 4) is 0 Å². The molecule has 1 heterocycles. The number of para-hydroxylation sites is 1. The number of rotatable bonds is 1. The maximum absolute atomic E-state index is 11.6. The monoisotopic (exact) mass is 275 g/mol. The average Bonchev–Trinajstić information content (AvgIpc) is 2.37. The first-order valence-corrected chi connectivity index (χ1v) is 6.81. The Balaban J connectivity index is 2.45. The molecule has 0 spiro atoms. The summed E-state index contributed by atoms with van der Waals surface area (Å²) in [5, 5.41) is 10.7. The Kier molecular flexibility index (Phi) is 2.94. The molecule has 3 nitrogen and oxygen atoms in total. The molecule has 19 heavy (non-hydrogen) atoms. The van der Waals surface area contributed by atoms with Crippen molar-refractivity contribution in [1.29, 1.82) is 0 Å². The molecular formula is C15H14ClNO2. The summed E-state index contributed by atoms with van der Waals surface area (Å²) >= 11 is 6.17. The topological polar surface area (TPSA) is 50.2 Å². The fraction of sp³-hybridized carbons (Fsp3) is 0.333. The smallest absolute Gasteiger partial charge is 0.336 e. The second kappa shape index (κ2) is 4.49. The average molecular weight is 276 g/mol. The number of hydrogen-bond donors (Lipinski definition) is 1. The fourth-order valence-corrected chi connectivity index (χ4v) is 3.15. The number of nitrogens with zero attached hydrogens (tertiary/aromatic N) is 1. The van der Waals surface area contributed by atoms with Gasteiger partial charge in [-0.25, -0.2) is 4.79 Å². The van der Waals surface area contributed by atoms with Gasteiger partial charge in [0.25, 0.3) is 0 Å². The van der Waals surface area contributed by atoms with Gasteiger partial charge in [0.1, 0.15) is 0 Å². The number of halogens is 1. The first-order chi connectivity index (χ1) is 9.09. The van der Waals surface area contributed by atoms with Crippen LogP contribution in [-0.4, -0.2) is 16.1 Å². The molecule has 1 aromatic heterocycles.